The molecule has 0 aliphatic carbocycles. The van der Waals surface area contributed by atoms with E-state index in [4.69, 9.17) is 9.47 Å². The molecule has 0 saturated carbocycles. The van der Waals surface area contributed by atoms with E-state index >= 15 is 0 Å². The third kappa shape index (κ3) is 4.17. The van der Waals surface area contributed by atoms with Crippen LogP contribution in [0.3, 0.4) is 0 Å². The molecule has 6 heteroatoms. The Bertz CT molecular complexity index is 1140. The Balaban J connectivity index is 1.72. The van der Waals surface area contributed by atoms with Gasteiger partial charge in [0.1, 0.15) is 17.5 Å². The number of nitrogens with one attached hydrogen (secondary N) is 1. The van der Waals surface area contributed by atoms with Crippen LogP contribution in [0.15, 0.2) is 66.7 Å². The normalized spacial score (nSPS) is 15.0. The summed E-state index contributed by atoms with van der Waals surface area (Å²) in [6.07, 6.45) is 1.24. The minimum atomic E-state index is -0.648. The Morgan fingerprint density at radius 1 is 0.969 bits per heavy atom. The molecular formula is C26H26N2O4. The van der Waals surface area contributed by atoms with Crippen LogP contribution in [0, 0.1) is 6.92 Å². The number of nitrogens with zero attached hydrogens (tertiary/aromatic N) is 1. The van der Waals surface area contributed by atoms with Crippen molar-refractivity contribution in [3.63, 3.8) is 0 Å². The molecule has 32 heavy (non-hydrogen) atoms. The quantitative estimate of drug-likeness (QED) is 0.642. The van der Waals surface area contributed by atoms with E-state index in [-0.39, 0.29) is 11.8 Å². The molecule has 1 N–H and O–H groups in total. The monoisotopic (exact) mass is 430 g/mol. The molecule has 1 unspecified atom stereocenters. The predicted molar refractivity (Wildman–Crippen MR) is 125 cm³/mol. The number of carbonyl (C=O) groups is 2. The van der Waals surface area contributed by atoms with Crippen molar-refractivity contribution >= 4 is 23.2 Å². The number of rotatable bonds is 5. The van der Waals surface area contributed by atoms with Crippen LogP contribution in [0.25, 0.3) is 0 Å². The van der Waals surface area contributed by atoms with Crippen molar-refractivity contribution in [2.24, 2.45) is 0 Å². The van der Waals surface area contributed by atoms with Crippen molar-refractivity contribution < 1.29 is 19.1 Å². The molecule has 1 aliphatic heterocycles. The Kier molecular flexibility index (Phi) is 6.12. The fourth-order valence-corrected chi connectivity index (χ4v) is 4.01. The number of aryl methyl sites for hydroxylation is 2. The summed E-state index contributed by atoms with van der Waals surface area (Å²) in [7, 11) is 3.07. The van der Waals surface area contributed by atoms with Crippen molar-refractivity contribution in [3.05, 3.63) is 83.4 Å². The molecule has 3 aromatic carbocycles. The molecule has 1 atom stereocenters. The molecule has 3 aromatic rings. The number of hydrogen-bond donors (Lipinski definition) is 1. The highest BCUT2D eigenvalue weighted by Gasteiger charge is 2.37. The Morgan fingerprint density at radius 2 is 1.72 bits per heavy atom. The van der Waals surface area contributed by atoms with Gasteiger partial charge in [-0.1, -0.05) is 35.9 Å². The fraction of sp³-hybridized carbons (Fsp3) is 0.231. The second-order valence-electron chi connectivity index (χ2n) is 7.78. The first-order valence-electron chi connectivity index (χ1n) is 10.5. The van der Waals surface area contributed by atoms with E-state index in [0.717, 1.165) is 16.8 Å². The second kappa shape index (κ2) is 9.14. The number of para-hydroxylation sites is 1. The number of fused-ring (bicyclic) bond motifs is 1. The lowest BCUT2D eigenvalue weighted by molar-refractivity contribution is -0.117. The van der Waals surface area contributed by atoms with Crippen molar-refractivity contribution in [1.29, 1.82) is 0 Å². The van der Waals surface area contributed by atoms with Gasteiger partial charge in [0, 0.05) is 17.4 Å². The van der Waals surface area contributed by atoms with E-state index in [1.54, 1.807) is 30.2 Å². The fourth-order valence-electron chi connectivity index (χ4n) is 4.01. The number of hydrogen-bond acceptors (Lipinski definition) is 4. The van der Waals surface area contributed by atoms with E-state index < -0.39 is 6.04 Å². The summed E-state index contributed by atoms with van der Waals surface area (Å²) in [5.41, 5.74) is 3.96. The van der Waals surface area contributed by atoms with Gasteiger partial charge in [0.05, 0.1) is 19.8 Å². The standard InChI is InChI=1S/C26H26N2O4/c1-17-8-11-19(12-9-17)27-25(29)23-15-10-18-6-4-5-7-22(18)28(23)26(30)21-14-13-20(31-2)16-24(21)32-3/h4-9,11-14,16,23H,10,15H2,1-3H3,(H,27,29). The van der Waals surface area contributed by atoms with Crippen LogP contribution in [0.4, 0.5) is 11.4 Å². The maximum atomic E-state index is 13.8. The zero-order chi connectivity index (χ0) is 22.7. The molecule has 0 saturated heterocycles. The van der Waals surface area contributed by atoms with E-state index in [2.05, 4.69) is 5.32 Å². The first-order chi connectivity index (χ1) is 15.5. The van der Waals surface area contributed by atoms with Crippen molar-refractivity contribution in [3.8, 4) is 11.5 Å². The van der Waals surface area contributed by atoms with Crippen molar-refractivity contribution in [2.45, 2.75) is 25.8 Å². The highest BCUT2D eigenvalue weighted by Crippen LogP contribution is 2.35. The van der Waals surface area contributed by atoms with E-state index in [0.29, 0.717) is 35.6 Å². The highest BCUT2D eigenvalue weighted by molar-refractivity contribution is 6.13. The van der Waals surface area contributed by atoms with Gasteiger partial charge in [0.25, 0.3) is 5.91 Å². The summed E-state index contributed by atoms with van der Waals surface area (Å²) in [5.74, 6) is 0.478. The summed E-state index contributed by atoms with van der Waals surface area (Å²) in [6.45, 7) is 1.99. The molecule has 1 aliphatic rings. The van der Waals surface area contributed by atoms with Gasteiger partial charge in [-0.2, -0.15) is 0 Å². The van der Waals surface area contributed by atoms with Crippen LogP contribution < -0.4 is 19.7 Å². The average molecular weight is 431 g/mol. The van der Waals surface area contributed by atoms with Gasteiger partial charge in [-0.15, -0.1) is 0 Å². The SMILES string of the molecule is COc1ccc(C(=O)N2c3ccccc3CCC2C(=O)Nc2ccc(C)cc2)c(OC)c1. The van der Waals surface area contributed by atoms with Crippen LogP contribution in [0.2, 0.25) is 0 Å². The predicted octanol–water partition coefficient (Wildman–Crippen LogP) is 4.61. The molecule has 0 fully saturated rings. The largest absolute Gasteiger partial charge is 0.497 e. The summed E-state index contributed by atoms with van der Waals surface area (Å²) in [4.78, 5) is 28.7. The minimum Gasteiger partial charge on any atom is -0.497 e. The summed E-state index contributed by atoms with van der Waals surface area (Å²) in [6, 6.07) is 19.7. The van der Waals surface area contributed by atoms with Crippen molar-refractivity contribution in [1.82, 2.24) is 0 Å². The zero-order valence-electron chi connectivity index (χ0n) is 18.4. The molecule has 2 amide bonds. The summed E-state index contributed by atoms with van der Waals surface area (Å²) < 4.78 is 10.7. The zero-order valence-corrected chi connectivity index (χ0v) is 18.4. The number of amides is 2. The van der Waals surface area contributed by atoms with Crippen LogP contribution >= 0.6 is 0 Å². The smallest absolute Gasteiger partial charge is 0.262 e. The Labute approximate surface area is 187 Å². The number of anilines is 2. The van der Waals surface area contributed by atoms with E-state index in [9.17, 15) is 9.59 Å². The maximum Gasteiger partial charge on any atom is 0.262 e. The summed E-state index contributed by atoms with van der Waals surface area (Å²) >= 11 is 0. The van der Waals surface area contributed by atoms with Gasteiger partial charge in [0.2, 0.25) is 5.91 Å². The highest BCUT2D eigenvalue weighted by atomic mass is 16.5. The Hall–Kier alpha value is -3.80. The van der Waals surface area contributed by atoms with Crippen LogP contribution in [0.5, 0.6) is 11.5 Å². The second-order valence-corrected chi connectivity index (χ2v) is 7.78. The van der Waals surface area contributed by atoms with Gasteiger partial charge in [-0.25, -0.2) is 0 Å². The molecule has 0 spiro atoms. The van der Waals surface area contributed by atoms with Gasteiger partial charge in [-0.3, -0.25) is 14.5 Å². The van der Waals surface area contributed by atoms with Gasteiger partial charge in [-0.05, 0) is 55.7 Å². The summed E-state index contributed by atoms with van der Waals surface area (Å²) in [5, 5.41) is 2.97. The molecule has 6 nitrogen and oxygen atoms in total. The lowest BCUT2D eigenvalue weighted by atomic mass is 9.94. The molecule has 0 aromatic heterocycles. The molecule has 164 valence electrons. The molecule has 0 radical (unpaired) electrons. The number of carbonyl (C=O) groups excluding carboxylic acids is 2. The molecule has 4 rings (SSSR count). The third-order valence-electron chi connectivity index (χ3n) is 5.73. The van der Waals surface area contributed by atoms with Gasteiger partial charge in [0.15, 0.2) is 0 Å². The number of benzene rings is 3. The van der Waals surface area contributed by atoms with E-state index in [1.807, 2.05) is 55.5 Å². The van der Waals surface area contributed by atoms with E-state index in [1.165, 1.54) is 7.11 Å². The first-order valence-corrected chi connectivity index (χ1v) is 10.5. The van der Waals surface area contributed by atoms with Gasteiger partial charge < -0.3 is 14.8 Å². The van der Waals surface area contributed by atoms with Crippen molar-refractivity contribution in [2.75, 3.05) is 24.4 Å². The Morgan fingerprint density at radius 3 is 2.44 bits per heavy atom. The van der Waals surface area contributed by atoms with Gasteiger partial charge >= 0.3 is 0 Å². The van der Waals surface area contributed by atoms with Crippen LogP contribution in [-0.4, -0.2) is 32.1 Å². The maximum absolute atomic E-state index is 13.8. The minimum absolute atomic E-state index is 0.218. The van der Waals surface area contributed by atoms with Crippen LogP contribution in [0.1, 0.15) is 27.9 Å². The molecular weight excluding hydrogens is 404 g/mol. The van der Waals surface area contributed by atoms with Crippen LogP contribution in [-0.2, 0) is 11.2 Å². The lowest BCUT2D eigenvalue weighted by Crippen LogP contribution is -2.50. The first kappa shape index (κ1) is 21.4. The molecule has 0 bridgehead atoms. The third-order valence-corrected chi connectivity index (χ3v) is 5.73. The lowest BCUT2D eigenvalue weighted by Gasteiger charge is -2.36. The topological polar surface area (TPSA) is 67.9 Å². The average Bonchev–Trinajstić information content (AvgIpc) is 2.83. The number of methoxy groups -OCH3 is 2. The molecule has 1 heterocycles. The number of ether oxygens (including phenoxy) is 2.